The molecular weight excluding hydrogens is 337 g/mol. The fraction of sp³-hybridized carbons (Fsp3) is 0.118. The van der Waals surface area contributed by atoms with Crippen LogP contribution in [0.1, 0.15) is 21.7 Å². The van der Waals surface area contributed by atoms with Crippen molar-refractivity contribution in [2.24, 2.45) is 0 Å². The number of aromatic nitrogens is 6. The van der Waals surface area contributed by atoms with E-state index in [0.29, 0.717) is 17.0 Å². The van der Waals surface area contributed by atoms with Crippen molar-refractivity contribution in [2.45, 2.75) is 13.1 Å². The molecule has 0 saturated heterocycles. The second kappa shape index (κ2) is 6.71. The van der Waals surface area contributed by atoms with Crippen molar-refractivity contribution in [1.29, 1.82) is 0 Å². The van der Waals surface area contributed by atoms with E-state index < -0.39 is 0 Å². The van der Waals surface area contributed by atoms with Crippen molar-refractivity contribution in [3.63, 3.8) is 0 Å². The molecule has 0 unspecified atom stereocenters. The molecule has 3 aromatic heterocycles. The first kappa shape index (κ1) is 15.9. The smallest absolute Gasteiger partial charge is 0.271 e. The van der Waals surface area contributed by atoms with Gasteiger partial charge in [-0.25, -0.2) is 19.0 Å². The number of amides is 1. The first-order valence-electron chi connectivity index (χ1n) is 7.89. The van der Waals surface area contributed by atoms with Crippen molar-refractivity contribution >= 4 is 11.7 Å². The molecule has 0 bridgehead atoms. The van der Waals surface area contributed by atoms with E-state index in [2.05, 4.69) is 25.6 Å². The lowest BCUT2D eigenvalue weighted by atomic mass is 10.2. The molecule has 4 rings (SSSR count). The van der Waals surface area contributed by atoms with Crippen LogP contribution in [0, 0.1) is 5.82 Å². The van der Waals surface area contributed by atoms with Gasteiger partial charge < -0.3 is 5.32 Å². The monoisotopic (exact) mass is 351 g/mol. The molecule has 8 nitrogen and oxygen atoms in total. The van der Waals surface area contributed by atoms with Crippen LogP contribution < -0.4 is 5.32 Å². The topological polar surface area (TPSA) is 90.0 Å². The van der Waals surface area contributed by atoms with E-state index in [4.69, 9.17) is 0 Å². The highest BCUT2D eigenvalue weighted by atomic mass is 19.1. The Hall–Kier alpha value is -3.62. The second-order valence-corrected chi connectivity index (χ2v) is 5.63. The lowest BCUT2D eigenvalue weighted by Gasteiger charge is -2.02. The minimum Gasteiger partial charge on any atom is -0.345 e. The highest BCUT2D eigenvalue weighted by molar-refractivity contribution is 5.92. The molecule has 1 amide bonds. The lowest BCUT2D eigenvalue weighted by molar-refractivity contribution is 0.0946. The average Bonchev–Trinajstić information content (AvgIpc) is 3.28. The summed E-state index contributed by atoms with van der Waals surface area (Å²) < 4.78 is 16.9. The van der Waals surface area contributed by atoms with Crippen LogP contribution in [0.15, 0.2) is 55.1 Å². The van der Waals surface area contributed by atoms with Gasteiger partial charge in [-0.1, -0.05) is 23.4 Å². The van der Waals surface area contributed by atoms with Crippen LogP contribution in [0.25, 0.3) is 5.78 Å². The van der Waals surface area contributed by atoms with Crippen LogP contribution in [-0.4, -0.2) is 35.3 Å². The van der Waals surface area contributed by atoms with Gasteiger partial charge in [-0.05, 0) is 12.1 Å². The number of carbonyl (C=O) groups is 1. The zero-order valence-corrected chi connectivity index (χ0v) is 13.6. The molecule has 0 aliphatic carbocycles. The highest BCUT2D eigenvalue weighted by Crippen LogP contribution is 2.08. The zero-order chi connectivity index (χ0) is 17.9. The van der Waals surface area contributed by atoms with Crippen molar-refractivity contribution in [3.8, 4) is 0 Å². The summed E-state index contributed by atoms with van der Waals surface area (Å²) in [6.45, 7) is 0.461. The summed E-state index contributed by atoms with van der Waals surface area (Å²) in [5.41, 5.74) is 1.35. The van der Waals surface area contributed by atoms with E-state index in [1.807, 2.05) is 0 Å². The third-order valence-corrected chi connectivity index (χ3v) is 3.77. The normalized spacial score (nSPS) is 11.0. The Labute approximate surface area is 147 Å². The van der Waals surface area contributed by atoms with E-state index in [0.717, 1.165) is 0 Å². The van der Waals surface area contributed by atoms with Crippen molar-refractivity contribution in [2.75, 3.05) is 0 Å². The second-order valence-electron chi connectivity index (χ2n) is 5.63. The van der Waals surface area contributed by atoms with Gasteiger partial charge >= 0.3 is 0 Å². The molecule has 0 aliphatic rings. The number of imidazole rings is 1. The molecule has 4 aromatic rings. The number of nitrogens with zero attached hydrogens (tertiary/aromatic N) is 6. The van der Waals surface area contributed by atoms with Gasteiger partial charge in [0.25, 0.3) is 5.91 Å². The first-order valence-corrected chi connectivity index (χ1v) is 7.89. The van der Waals surface area contributed by atoms with Crippen LogP contribution >= 0.6 is 0 Å². The first-order chi connectivity index (χ1) is 12.7. The number of carbonyl (C=O) groups excluding carboxylic acids is 1. The van der Waals surface area contributed by atoms with Gasteiger partial charge in [-0.3, -0.25) is 9.20 Å². The predicted octanol–water partition coefficient (Wildman–Crippen LogP) is 1.44. The quantitative estimate of drug-likeness (QED) is 0.588. The van der Waals surface area contributed by atoms with Crippen molar-refractivity contribution in [1.82, 2.24) is 34.7 Å². The summed E-state index contributed by atoms with van der Waals surface area (Å²) >= 11 is 0. The van der Waals surface area contributed by atoms with E-state index in [1.54, 1.807) is 53.5 Å². The minimum atomic E-state index is -0.334. The SMILES string of the molecule is O=C(NCc1cn(Cc2ccccc2F)nn1)c1cn2cccnc2n1. The molecule has 26 heavy (non-hydrogen) atoms. The van der Waals surface area contributed by atoms with Gasteiger partial charge in [0.15, 0.2) is 0 Å². The summed E-state index contributed by atoms with van der Waals surface area (Å²) in [4.78, 5) is 20.4. The third-order valence-electron chi connectivity index (χ3n) is 3.77. The Morgan fingerprint density at radius 2 is 2.08 bits per heavy atom. The number of benzene rings is 1. The molecule has 1 aromatic carbocycles. The molecule has 0 spiro atoms. The van der Waals surface area contributed by atoms with Crippen molar-refractivity contribution < 1.29 is 9.18 Å². The number of nitrogens with one attached hydrogen (secondary N) is 1. The molecule has 0 saturated carbocycles. The van der Waals surface area contributed by atoms with Crippen LogP contribution in [0.3, 0.4) is 0 Å². The maximum atomic E-state index is 13.7. The third kappa shape index (κ3) is 3.27. The maximum absolute atomic E-state index is 13.7. The Kier molecular flexibility index (Phi) is 4.10. The molecule has 0 fully saturated rings. The molecule has 0 aliphatic heterocycles. The zero-order valence-electron chi connectivity index (χ0n) is 13.6. The fourth-order valence-corrected chi connectivity index (χ4v) is 2.50. The van der Waals surface area contributed by atoms with Gasteiger partial charge in [0, 0.05) is 24.2 Å². The van der Waals surface area contributed by atoms with Gasteiger partial charge in [-0.15, -0.1) is 5.10 Å². The lowest BCUT2D eigenvalue weighted by Crippen LogP contribution is -2.23. The summed E-state index contributed by atoms with van der Waals surface area (Å²) in [5.74, 6) is -0.175. The average molecular weight is 351 g/mol. The molecule has 1 N–H and O–H groups in total. The van der Waals surface area contributed by atoms with Gasteiger partial charge in [0.1, 0.15) is 17.2 Å². The Morgan fingerprint density at radius 1 is 1.19 bits per heavy atom. The van der Waals surface area contributed by atoms with Crippen LogP contribution in [0.5, 0.6) is 0 Å². The molecule has 130 valence electrons. The van der Waals surface area contributed by atoms with Gasteiger partial charge in [0.2, 0.25) is 5.78 Å². The van der Waals surface area contributed by atoms with E-state index in [-0.39, 0.29) is 30.5 Å². The van der Waals surface area contributed by atoms with E-state index in [1.165, 1.54) is 10.7 Å². The summed E-state index contributed by atoms with van der Waals surface area (Å²) in [6, 6.07) is 8.24. The number of halogens is 1. The highest BCUT2D eigenvalue weighted by Gasteiger charge is 2.12. The van der Waals surface area contributed by atoms with Crippen LogP contribution in [0.2, 0.25) is 0 Å². The number of hydrogen-bond acceptors (Lipinski definition) is 5. The van der Waals surface area contributed by atoms with Crippen molar-refractivity contribution in [3.05, 3.63) is 77.9 Å². The van der Waals surface area contributed by atoms with Gasteiger partial charge in [-0.2, -0.15) is 0 Å². The Balaban J connectivity index is 1.40. The van der Waals surface area contributed by atoms with Gasteiger partial charge in [0.05, 0.1) is 19.3 Å². The summed E-state index contributed by atoms with van der Waals surface area (Å²) in [6.07, 6.45) is 6.64. The number of rotatable bonds is 5. The number of fused-ring (bicyclic) bond motifs is 1. The van der Waals surface area contributed by atoms with E-state index >= 15 is 0 Å². The fourth-order valence-electron chi connectivity index (χ4n) is 2.50. The molecule has 9 heteroatoms. The molecular formula is C17H14FN7O. The Bertz CT molecular complexity index is 1040. The van der Waals surface area contributed by atoms with Crippen LogP contribution in [0.4, 0.5) is 4.39 Å². The summed E-state index contributed by atoms with van der Waals surface area (Å²) in [7, 11) is 0. The minimum absolute atomic E-state index is 0.192. The molecule has 0 atom stereocenters. The molecule has 3 heterocycles. The maximum Gasteiger partial charge on any atom is 0.271 e. The van der Waals surface area contributed by atoms with E-state index in [9.17, 15) is 9.18 Å². The molecule has 0 radical (unpaired) electrons. The predicted molar refractivity (Wildman–Crippen MR) is 89.7 cm³/mol. The number of hydrogen-bond donors (Lipinski definition) is 1. The largest absolute Gasteiger partial charge is 0.345 e. The van der Waals surface area contributed by atoms with Crippen LogP contribution in [-0.2, 0) is 13.1 Å². The summed E-state index contributed by atoms with van der Waals surface area (Å²) in [5, 5.41) is 10.7. The Morgan fingerprint density at radius 3 is 2.92 bits per heavy atom. The standard InChI is InChI=1S/C17H14FN7O/c18-14-5-2-1-4-12(14)9-25-10-13(22-23-25)8-20-16(26)15-11-24-7-3-6-19-17(24)21-15/h1-7,10-11H,8-9H2,(H,20,26).